The van der Waals surface area contributed by atoms with Gasteiger partial charge >= 0.3 is 0 Å². The van der Waals surface area contributed by atoms with Crippen LogP contribution in [0.1, 0.15) is 28.4 Å². The van der Waals surface area contributed by atoms with E-state index in [1.165, 1.54) is 13.0 Å². The zero-order chi connectivity index (χ0) is 16.8. The minimum Gasteiger partial charge on any atom is -0.354 e. The second-order valence-corrected chi connectivity index (χ2v) is 5.74. The van der Waals surface area contributed by atoms with E-state index >= 15 is 0 Å². The van der Waals surface area contributed by atoms with E-state index in [1.807, 2.05) is 36.4 Å². The van der Waals surface area contributed by atoms with E-state index < -0.39 is 5.91 Å². The van der Waals surface area contributed by atoms with E-state index in [4.69, 9.17) is 0 Å². The molecular formula is C19H14N2O3. The molecule has 0 bridgehead atoms. The Morgan fingerprint density at radius 2 is 1.92 bits per heavy atom. The lowest BCUT2D eigenvalue weighted by Crippen LogP contribution is -2.22. The Bertz CT molecular complexity index is 957. The summed E-state index contributed by atoms with van der Waals surface area (Å²) in [6, 6.07) is 12.6. The van der Waals surface area contributed by atoms with Gasteiger partial charge in [0, 0.05) is 16.8 Å². The number of hydrogen-bond donors (Lipinski definition) is 2. The van der Waals surface area contributed by atoms with Gasteiger partial charge in [-0.05, 0) is 30.7 Å². The largest absolute Gasteiger partial charge is 0.354 e. The smallest absolute Gasteiger partial charge is 0.284 e. The van der Waals surface area contributed by atoms with Gasteiger partial charge in [0.1, 0.15) is 0 Å². The maximum Gasteiger partial charge on any atom is 0.284 e. The van der Waals surface area contributed by atoms with Crippen LogP contribution in [0.3, 0.4) is 0 Å². The van der Waals surface area contributed by atoms with E-state index in [0.717, 1.165) is 11.3 Å². The SMILES string of the molecule is CC(=O)c1ccc2c(c1)N(O)C(=O)/C2=C1/C=Cc2ccccc2N1. The summed E-state index contributed by atoms with van der Waals surface area (Å²) < 4.78 is 0. The first kappa shape index (κ1) is 14.4. The summed E-state index contributed by atoms with van der Waals surface area (Å²) in [7, 11) is 0. The van der Waals surface area contributed by atoms with Crippen LogP contribution < -0.4 is 10.4 Å². The monoisotopic (exact) mass is 318 g/mol. The molecule has 118 valence electrons. The fourth-order valence-electron chi connectivity index (χ4n) is 2.99. The normalized spacial score (nSPS) is 18.2. The molecule has 0 fully saturated rings. The number of ketones is 1. The van der Waals surface area contributed by atoms with Crippen LogP contribution >= 0.6 is 0 Å². The maximum atomic E-state index is 12.5. The first-order chi connectivity index (χ1) is 11.6. The lowest BCUT2D eigenvalue weighted by molar-refractivity contribution is -0.117. The summed E-state index contributed by atoms with van der Waals surface area (Å²) in [4.78, 5) is 24.0. The van der Waals surface area contributed by atoms with E-state index in [9.17, 15) is 14.8 Å². The highest BCUT2D eigenvalue weighted by Gasteiger charge is 2.34. The van der Waals surface area contributed by atoms with Gasteiger partial charge in [-0.25, -0.2) is 0 Å². The van der Waals surface area contributed by atoms with Crippen LogP contribution in [0.2, 0.25) is 0 Å². The quantitative estimate of drug-likeness (QED) is 0.480. The molecule has 0 radical (unpaired) electrons. The van der Waals surface area contributed by atoms with Gasteiger partial charge in [0.05, 0.1) is 17.0 Å². The molecule has 0 aliphatic carbocycles. The number of fused-ring (bicyclic) bond motifs is 2. The van der Waals surface area contributed by atoms with Crippen LogP contribution in [0, 0.1) is 0 Å². The van der Waals surface area contributed by atoms with Crippen molar-refractivity contribution in [2.24, 2.45) is 0 Å². The number of para-hydroxylation sites is 1. The van der Waals surface area contributed by atoms with Crippen molar-refractivity contribution in [3.63, 3.8) is 0 Å². The number of carbonyl (C=O) groups is 2. The van der Waals surface area contributed by atoms with Gasteiger partial charge in [-0.3, -0.25) is 14.8 Å². The first-order valence-corrected chi connectivity index (χ1v) is 7.53. The Morgan fingerprint density at radius 1 is 1.12 bits per heavy atom. The number of hydrogen-bond acceptors (Lipinski definition) is 4. The number of amides is 1. The molecule has 2 heterocycles. The number of nitrogens with zero attached hydrogens (tertiary/aromatic N) is 1. The highest BCUT2D eigenvalue weighted by Crippen LogP contribution is 2.40. The number of anilines is 2. The standard InChI is InChI=1S/C19H14N2O3/c1-11(22)13-6-8-14-17(10-13)21(24)19(23)18(14)16-9-7-12-4-2-3-5-15(12)20-16/h2-10,20,24H,1H3/b18-16-. The van der Waals surface area contributed by atoms with E-state index in [-0.39, 0.29) is 5.78 Å². The summed E-state index contributed by atoms with van der Waals surface area (Å²) in [6.07, 6.45) is 3.74. The van der Waals surface area contributed by atoms with Gasteiger partial charge in [-0.1, -0.05) is 36.4 Å². The number of rotatable bonds is 1. The Labute approximate surface area is 138 Å². The summed E-state index contributed by atoms with van der Waals surface area (Å²) in [5, 5.41) is 14.0. The topological polar surface area (TPSA) is 69.6 Å². The zero-order valence-corrected chi connectivity index (χ0v) is 12.9. The fourth-order valence-corrected chi connectivity index (χ4v) is 2.99. The third-order valence-corrected chi connectivity index (χ3v) is 4.24. The molecule has 5 nitrogen and oxygen atoms in total. The molecule has 0 spiro atoms. The third-order valence-electron chi connectivity index (χ3n) is 4.24. The number of benzene rings is 2. The molecule has 0 unspecified atom stereocenters. The molecule has 2 aromatic carbocycles. The van der Waals surface area contributed by atoms with Crippen molar-refractivity contribution in [2.75, 3.05) is 10.4 Å². The molecule has 2 aromatic rings. The fraction of sp³-hybridized carbons (Fsp3) is 0.0526. The molecule has 5 heteroatoms. The number of Topliss-reactive ketones (excluding diaryl/α,β-unsaturated/α-hetero) is 1. The molecular weight excluding hydrogens is 304 g/mol. The van der Waals surface area contributed by atoms with Crippen molar-refractivity contribution in [3.05, 3.63) is 70.9 Å². The van der Waals surface area contributed by atoms with E-state index in [2.05, 4.69) is 5.32 Å². The second kappa shape index (κ2) is 5.18. The summed E-state index contributed by atoms with van der Waals surface area (Å²) in [6.45, 7) is 1.45. The van der Waals surface area contributed by atoms with E-state index in [0.29, 0.717) is 33.1 Å². The lowest BCUT2D eigenvalue weighted by atomic mass is 9.99. The average molecular weight is 318 g/mol. The minimum absolute atomic E-state index is 0.121. The van der Waals surface area contributed by atoms with Crippen LogP contribution in [0.5, 0.6) is 0 Å². The van der Waals surface area contributed by atoms with Gasteiger partial charge in [-0.2, -0.15) is 5.06 Å². The van der Waals surface area contributed by atoms with Gasteiger partial charge in [-0.15, -0.1) is 0 Å². The lowest BCUT2D eigenvalue weighted by Gasteiger charge is -2.17. The van der Waals surface area contributed by atoms with Crippen molar-refractivity contribution in [2.45, 2.75) is 6.92 Å². The predicted octanol–water partition coefficient (Wildman–Crippen LogP) is 3.48. The number of allylic oxidation sites excluding steroid dienone is 1. The summed E-state index contributed by atoms with van der Waals surface area (Å²) in [5.41, 5.74) is 4.29. The van der Waals surface area contributed by atoms with Crippen molar-refractivity contribution < 1.29 is 14.8 Å². The van der Waals surface area contributed by atoms with Gasteiger partial charge in [0.2, 0.25) is 0 Å². The Kier molecular flexibility index (Phi) is 3.11. The molecule has 0 saturated heterocycles. The van der Waals surface area contributed by atoms with Crippen LogP contribution in [0.25, 0.3) is 11.6 Å². The molecule has 0 aromatic heterocycles. The Morgan fingerprint density at radius 3 is 2.71 bits per heavy atom. The summed E-state index contributed by atoms with van der Waals surface area (Å²) in [5.74, 6) is -0.637. The average Bonchev–Trinajstić information content (AvgIpc) is 2.85. The van der Waals surface area contributed by atoms with Gasteiger partial charge < -0.3 is 5.32 Å². The van der Waals surface area contributed by atoms with Crippen LogP contribution in [-0.4, -0.2) is 16.9 Å². The number of hydroxylamine groups is 1. The highest BCUT2D eigenvalue weighted by molar-refractivity contribution is 6.33. The first-order valence-electron chi connectivity index (χ1n) is 7.53. The number of nitrogens with one attached hydrogen (secondary N) is 1. The van der Waals surface area contributed by atoms with Crippen molar-refractivity contribution in [1.29, 1.82) is 0 Å². The highest BCUT2D eigenvalue weighted by atomic mass is 16.5. The Hall–Kier alpha value is -3.18. The molecule has 2 aliphatic rings. The molecule has 1 amide bonds. The van der Waals surface area contributed by atoms with E-state index in [1.54, 1.807) is 12.1 Å². The van der Waals surface area contributed by atoms with Crippen molar-refractivity contribution in [1.82, 2.24) is 0 Å². The van der Waals surface area contributed by atoms with Crippen LogP contribution in [0.15, 0.2) is 54.2 Å². The van der Waals surface area contributed by atoms with Crippen molar-refractivity contribution in [3.8, 4) is 0 Å². The maximum absolute atomic E-state index is 12.5. The molecule has 2 aliphatic heterocycles. The van der Waals surface area contributed by atoms with Gasteiger partial charge in [0.25, 0.3) is 5.91 Å². The molecule has 2 N–H and O–H groups in total. The molecule has 4 rings (SSSR count). The minimum atomic E-state index is -0.516. The predicted molar refractivity (Wildman–Crippen MR) is 91.7 cm³/mol. The van der Waals surface area contributed by atoms with Crippen LogP contribution in [0.4, 0.5) is 11.4 Å². The van der Waals surface area contributed by atoms with Crippen molar-refractivity contribution >= 4 is 34.7 Å². The molecule has 24 heavy (non-hydrogen) atoms. The second-order valence-electron chi connectivity index (χ2n) is 5.74. The zero-order valence-electron chi connectivity index (χ0n) is 12.9. The molecule has 0 saturated carbocycles. The van der Waals surface area contributed by atoms with Gasteiger partial charge in [0.15, 0.2) is 5.78 Å². The molecule has 0 atom stereocenters. The van der Waals surface area contributed by atoms with Crippen LogP contribution in [-0.2, 0) is 4.79 Å². The number of carbonyl (C=O) groups excluding carboxylic acids is 2. The Balaban J connectivity index is 1.87. The summed E-state index contributed by atoms with van der Waals surface area (Å²) >= 11 is 0. The third kappa shape index (κ3) is 2.06.